The lowest BCUT2D eigenvalue weighted by Crippen LogP contribution is -2.42. The summed E-state index contributed by atoms with van der Waals surface area (Å²) in [4.78, 5) is 12.0. The highest BCUT2D eigenvalue weighted by molar-refractivity contribution is 5.77. The van der Waals surface area contributed by atoms with Gasteiger partial charge in [0, 0.05) is 6.04 Å². The second-order valence-corrected chi connectivity index (χ2v) is 6.80. The molecule has 0 radical (unpaired) electrons. The normalized spacial score (nSPS) is 28.4. The summed E-state index contributed by atoms with van der Waals surface area (Å²) in [6.07, 6.45) is 5.43. The van der Waals surface area contributed by atoms with E-state index in [0.717, 1.165) is 17.6 Å². The number of carbonyl (C=O) groups excluding carboxylic acids is 1. The Balaban J connectivity index is 1.44. The summed E-state index contributed by atoms with van der Waals surface area (Å²) < 4.78 is 5.54. The second kappa shape index (κ2) is 6.08. The van der Waals surface area contributed by atoms with Crippen LogP contribution in [-0.2, 0) is 4.79 Å². The van der Waals surface area contributed by atoms with E-state index in [0.29, 0.717) is 5.92 Å². The average molecular weight is 287 g/mol. The molecule has 1 aromatic carbocycles. The van der Waals surface area contributed by atoms with Crippen molar-refractivity contribution in [2.24, 2.45) is 17.8 Å². The standard InChI is InChI=1S/C18H25NO2/c1-12-3-7-16(8-4-12)21-11-18(20)19-13(2)17-10-14-5-6-15(17)9-14/h3-4,7-8,13-15,17H,5-6,9-11H2,1-2H3,(H,19,20)/t13-,14+,15+,17+/m1/s1. The van der Waals surface area contributed by atoms with Crippen molar-refractivity contribution in [1.29, 1.82) is 0 Å². The van der Waals surface area contributed by atoms with Crippen molar-refractivity contribution >= 4 is 5.91 Å². The molecule has 0 heterocycles. The summed E-state index contributed by atoms with van der Waals surface area (Å²) in [6.45, 7) is 4.29. The fourth-order valence-corrected chi connectivity index (χ4v) is 4.09. The van der Waals surface area contributed by atoms with Crippen LogP contribution >= 0.6 is 0 Å². The Labute approximate surface area is 127 Å². The van der Waals surface area contributed by atoms with Crippen molar-refractivity contribution in [3.63, 3.8) is 0 Å². The van der Waals surface area contributed by atoms with Gasteiger partial charge in [0.15, 0.2) is 6.61 Å². The Bertz CT molecular complexity index is 496. The number of carbonyl (C=O) groups is 1. The lowest BCUT2D eigenvalue weighted by Gasteiger charge is -2.28. The summed E-state index contributed by atoms with van der Waals surface area (Å²) in [5, 5.41) is 3.12. The van der Waals surface area contributed by atoms with E-state index in [1.54, 1.807) is 0 Å². The molecule has 0 aliphatic heterocycles. The quantitative estimate of drug-likeness (QED) is 0.902. The van der Waals surface area contributed by atoms with Gasteiger partial charge in [-0.1, -0.05) is 24.1 Å². The number of fused-ring (bicyclic) bond motifs is 2. The molecule has 2 saturated carbocycles. The summed E-state index contributed by atoms with van der Waals surface area (Å²) in [6, 6.07) is 8.06. The largest absolute Gasteiger partial charge is 0.484 e. The maximum atomic E-state index is 12.0. The molecule has 4 atom stereocenters. The van der Waals surface area contributed by atoms with E-state index in [1.165, 1.54) is 31.2 Å². The maximum Gasteiger partial charge on any atom is 0.258 e. The van der Waals surface area contributed by atoms with Gasteiger partial charge in [0.1, 0.15) is 5.75 Å². The molecule has 114 valence electrons. The van der Waals surface area contributed by atoms with Gasteiger partial charge in [0.25, 0.3) is 5.91 Å². The number of hydrogen-bond acceptors (Lipinski definition) is 2. The summed E-state index contributed by atoms with van der Waals surface area (Å²) >= 11 is 0. The van der Waals surface area contributed by atoms with Crippen LogP contribution in [0.2, 0.25) is 0 Å². The highest BCUT2D eigenvalue weighted by atomic mass is 16.5. The highest BCUT2D eigenvalue weighted by Crippen LogP contribution is 2.49. The predicted molar refractivity (Wildman–Crippen MR) is 83.2 cm³/mol. The van der Waals surface area contributed by atoms with Crippen molar-refractivity contribution in [3.8, 4) is 5.75 Å². The van der Waals surface area contributed by atoms with Crippen molar-refractivity contribution in [1.82, 2.24) is 5.32 Å². The van der Waals surface area contributed by atoms with Crippen molar-refractivity contribution in [2.75, 3.05) is 6.61 Å². The molecule has 0 saturated heterocycles. The monoisotopic (exact) mass is 287 g/mol. The number of aryl methyl sites for hydroxylation is 1. The molecule has 3 rings (SSSR count). The molecule has 3 heteroatoms. The third-order valence-electron chi connectivity index (χ3n) is 5.21. The molecule has 21 heavy (non-hydrogen) atoms. The topological polar surface area (TPSA) is 38.3 Å². The number of ether oxygens (including phenoxy) is 1. The van der Waals surface area contributed by atoms with Crippen LogP contribution in [0.15, 0.2) is 24.3 Å². The molecule has 1 N–H and O–H groups in total. The summed E-state index contributed by atoms with van der Waals surface area (Å²) in [5.74, 6) is 3.17. The van der Waals surface area contributed by atoms with Gasteiger partial charge in [-0.15, -0.1) is 0 Å². The van der Waals surface area contributed by atoms with E-state index in [-0.39, 0.29) is 18.6 Å². The van der Waals surface area contributed by atoms with Crippen LogP contribution in [0, 0.1) is 24.7 Å². The van der Waals surface area contributed by atoms with E-state index >= 15 is 0 Å². The lowest BCUT2D eigenvalue weighted by molar-refractivity contribution is -0.124. The molecule has 0 spiro atoms. The maximum absolute atomic E-state index is 12.0. The smallest absolute Gasteiger partial charge is 0.258 e. The minimum Gasteiger partial charge on any atom is -0.484 e. The van der Waals surface area contributed by atoms with Gasteiger partial charge in [0.05, 0.1) is 0 Å². The van der Waals surface area contributed by atoms with E-state index in [9.17, 15) is 4.79 Å². The Kier molecular flexibility index (Phi) is 4.18. The van der Waals surface area contributed by atoms with E-state index < -0.39 is 0 Å². The van der Waals surface area contributed by atoms with Crippen molar-refractivity contribution < 1.29 is 9.53 Å². The number of benzene rings is 1. The molecule has 3 nitrogen and oxygen atoms in total. The van der Waals surface area contributed by atoms with Crippen LogP contribution in [-0.4, -0.2) is 18.6 Å². The Morgan fingerprint density at radius 3 is 2.67 bits per heavy atom. The molecule has 2 aliphatic carbocycles. The number of rotatable bonds is 5. The fraction of sp³-hybridized carbons (Fsp3) is 0.611. The van der Waals surface area contributed by atoms with Gasteiger partial charge in [-0.05, 0) is 63.0 Å². The Morgan fingerprint density at radius 1 is 1.29 bits per heavy atom. The first-order chi connectivity index (χ1) is 10.1. The van der Waals surface area contributed by atoms with Crippen LogP contribution in [0.4, 0.5) is 0 Å². The predicted octanol–water partition coefficient (Wildman–Crippen LogP) is 3.31. The van der Waals surface area contributed by atoms with Crippen molar-refractivity contribution in [2.45, 2.75) is 45.6 Å². The first-order valence-corrected chi connectivity index (χ1v) is 8.10. The first-order valence-electron chi connectivity index (χ1n) is 8.10. The third kappa shape index (κ3) is 3.39. The first kappa shape index (κ1) is 14.4. The fourth-order valence-electron chi connectivity index (χ4n) is 4.09. The summed E-state index contributed by atoms with van der Waals surface area (Å²) in [7, 11) is 0. The average Bonchev–Trinajstić information content (AvgIpc) is 3.09. The molecule has 1 amide bonds. The molecule has 2 aliphatic rings. The minimum absolute atomic E-state index is 0.00847. The van der Waals surface area contributed by atoms with Gasteiger partial charge in [-0.2, -0.15) is 0 Å². The van der Waals surface area contributed by atoms with Gasteiger partial charge < -0.3 is 10.1 Å². The second-order valence-electron chi connectivity index (χ2n) is 6.80. The van der Waals surface area contributed by atoms with Gasteiger partial charge >= 0.3 is 0 Å². The van der Waals surface area contributed by atoms with Crippen LogP contribution in [0.1, 0.15) is 38.2 Å². The van der Waals surface area contributed by atoms with Crippen LogP contribution in [0.25, 0.3) is 0 Å². The summed E-state index contributed by atoms with van der Waals surface area (Å²) in [5.41, 5.74) is 1.19. The highest BCUT2D eigenvalue weighted by Gasteiger charge is 2.42. The minimum atomic E-state index is -0.00847. The molecular weight excluding hydrogens is 262 g/mol. The zero-order valence-corrected chi connectivity index (χ0v) is 13.0. The molecule has 2 bridgehead atoms. The van der Waals surface area contributed by atoms with Crippen LogP contribution in [0.5, 0.6) is 5.75 Å². The van der Waals surface area contributed by atoms with Crippen LogP contribution in [0.3, 0.4) is 0 Å². The number of hydrogen-bond donors (Lipinski definition) is 1. The zero-order valence-electron chi connectivity index (χ0n) is 13.0. The van der Waals surface area contributed by atoms with Gasteiger partial charge in [0.2, 0.25) is 0 Å². The Hall–Kier alpha value is -1.51. The van der Waals surface area contributed by atoms with Gasteiger partial charge in [-0.25, -0.2) is 0 Å². The SMILES string of the molecule is Cc1ccc(OCC(=O)N[C@H](C)[C@@H]2C[C@H]3CC[C@H]2C3)cc1. The third-order valence-corrected chi connectivity index (χ3v) is 5.21. The molecule has 1 aromatic rings. The molecular formula is C18H25NO2. The van der Waals surface area contributed by atoms with E-state index in [1.807, 2.05) is 31.2 Å². The van der Waals surface area contributed by atoms with E-state index in [2.05, 4.69) is 12.2 Å². The number of amides is 1. The van der Waals surface area contributed by atoms with E-state index in [4.69, 9.17) is 4.74 Å². The lowest BCUT2D eigenvalue weighted by atomic mass is 9.84. The molecule has 0 unspecified atom stereocenters. The van der Waals surface area contributed by atoms with Crippen molar-refractivity contribution in [3.05, 3.63) is 29.8 Å². The molecule has 0 aromatic heterocycles. The van der Waals surface area contributed by atoms with Gasteiger partial charge in [-0.3, -0.25) is 4.79 Å². The zero-order chi connectivity index (χ0) is 14.8. The molecule has 2 fully saturated rings. The Morgan fingerprint density at radius 2 is 2.05 bits per heavy atom. The van der Waals surface area contributed by atoms with Crippen LogP contribution < -0.4 is 10.1 Å². The number of nitrogens with one attached hydrogen (secondary N) is 1.